The van der Waals surface area contributed by atoms with E-state index in [1.165, 1.54) is 0 Å². The van der Waals surface area contributed by atoms with E-state index < -0.39 is 0 Å². The number of aromatic nitrogens is 4. The molecule has 0 aliphatic heterocycles. The maximum absolute atomic E-state index is 5.84. The van der Waals surface area contributed by atoms with Crippen LogP contribution in [0.1, 0.15) is 11.3 Å². The first kappa shape index (κ1) is 10.9. The largest absolute Gasteiger partial charge is 0.378 e. The van der Waals surface area contributed by atoms with Gasteiger partial charge in [-0.15, -0.1) is 5.10 Å². The molecule has 2 rings (SSSR count). The van der Waals surface area contributed by atoms with Crippen molar-refractivity contribution in [3.63, 3.8) is 0 Å². The van der Waals surface area contributed by atoms with Crippen molar-refractivity contribution < 1.29 is 0 Å². The molecule has 2 heterocycles. The van der Waals surface area contributed by atoms with Crippen molar-refractivity contribution in [2.75, 3.05) is 5.32 Å². The van der Waals surface area contributed by atoms with Crippen molar-refractivity contribution >= 4 is 17.3 Å². The first-order chi connectivity index (χ1) is 7.66. The van der Waals surface area contributed by atoms with E-state index in [4.69, 9.17) is 11.6 Å². The molecule has 16 heavy (non-hydrogen) atoms. The Bertz CT molecular complexity index is 494. The van der Waals surface area contributed by atoms with Crippen molar-refractivity contribution in [3.8, 4) is 0 Å². The number of hydrogen-bond acceptors (Lipinski definition) is 4. The van der Waals surface area contributed by atoms with Crippen LogP contribution in [0.3, 0.4) is 0 Å². The third-order valence-electron chi connectivity index (χ3n) is 2.30. The summed E-state index contributed by atoms with van der Waals surface area (Å²) in [6.07, 6.45) is 3.43. The smallest absolute Gasteiger partial charge is 0.132 e. The second-order valence-electron chi connectivity index (χ2n) is 3.53. The Morgan fingerprint density at radius 3 is 2.88 bits per heavy atom. The normalized spacial score (nSPS) is 10.4. The van der Waals surface area contributed by atoms with Crippen LogP contribution in [0.4, 0.5) is 5.69 Å². The molecular formula is C10H12ClN5. The van der Waals surface area contributed by atoms with Gasteiger partial charge in [-0.2, -0.15) is 0 Å². The standard InChI is InChI=1S/C10H12ClN5/c1-7-3-8(4-13-10(7)11)12-5-9-6-14-15-16(9)2/h3-4,6,12H,5H2,1-2H3. The molecule has 0 aliphatic rings. The molecule has 0 saturated heterocycles. The molecule has 0 spiro atoms. The Hall–Kier alpha value is -1.62. The summed E-state index contributed by atoms with van der Waals surface area (Å²) in [6, 6.07) is 1.96. The van der Waals surface area contributed by atoms with E-state index in [0.29, 0.717) is 11.7 Å². The summed E-state index contributed by atoms with van der Waals surface area (Å²) < 4.78 is 1.73. The molecule has 0 fully saturated rings. The number of aryl methyl sites for hydroxylation is 2. The first-order valence-electron chi connectivity index (χ1n) is 4.86. The maximum atomic E-state index is 5.84. The molecule has 6 heteroatoms. The van der Waals surface area contributed by atoms with Crippen LogP contribution >= 0.6 is 11.6 Å². The van der Waals surface area contributed by atoms with Crippen molar-refractivity contribution in [2.24, 2.45) is 7.05 Å². The van der Waals surface area contributed by atoms with Gasteiger partial charge in [-0.25, -0.2) is 4.98 Å². The molecule has 84 valence electrons. The number of halogens is 1. The second-order valence-corrected chi connectivity index (χ2v) is 3.89. The zero-order valence-corrected chi connectivity index (χ0v) is 9.86. The second kappa shape index (κ2) is 4.49. The Balaban J connectivity index is 2.05. The van der Waals surface area contributed by atoms with Crippen LogP contribution in [-0.2, 0) is 13.6 Å². The molecule has 0 radical (unpaired) electrons. The number of nitrogens with zero attached hydrogens (tertiary/aromatic N) is 4. The fourth-order valence-corrected chi connectivity index (χ4v) is 1.42. The van der Waals surface area contributed by atoms with Gasteiger partial charge in [0.05, 0.1) is 30.3 Å². The zero-order chi connectivity index (χ0) is 11.5. The average molecular weight is 238 g/mol. The monoisotopic (exact) mass is 237 g/mol. The minimum Gasteiger partial charge on any atom is -0.378 e. The summed E-state index contributed by atoms with van der Waals surface area (Å²) in [7, 11) is 1.86. The lowest BCUT2D eigenvalue weighted by molar-refractivity contribution is 0.683. The third kappa shape index (κ3) is 2.30. The van der Waals surface area contributed by atoms with Crippen molar-refractivity contribution in [1.82, 2.24) is 20.0 Å². The number of anilines is 1. The number of pyridine rings is 1. The van der Waals surface area contributed by atoms with E-state index in [9.17, 15) is 0 Å². The summed E-state index contributed by atoms with van der Waals surface area (Å²) in [4.78, 5) is 4.07. The minimum atomic E-state index is 0.535. The van der Waals surface area contributed by atoms with Crippen molar-refractivity contribution in [1.29, 1.82) is 0 Å². The van der Waals surface area contributed by atoms with Gasteiger partial charge >= 0.3 is 0 Å². The highest BCUT2D eigenvalue weighted by Crippen LogP contribution is 2.16. The van der Waals surface area contributed by atoms with Gasteiger partial charge in [0.1, 0.15) is 5.15 Å². The number of nitrogens with one attached hydrogen (secondary N) is 1. The van der Waals surface area contributed by atoms with E-state index in [1.807, 2.05) is 20.0 Å². The molecule has 0 aliphatic carbocycles. The molecule has 0 amide bonds. The molecule has 0 bridgehead atoms. The topological polar surface area (TPSA) is 55.6 Å². The van der Waals surface area contributed by atoms with Crippen LogP contribution in [0.5, 0.6) is 0 Å². The Labute approximate surface area is 98.5 Å². The molecule has 0 atom stereocenters. The maximum Gasteiger partial charge on any atom is 0.132 e. The first-order valence-corrected chi connectivity index (χ1v) is 5.24. The van der Waals surface area contributed by atoms with Gasteiger partial charge in [-0.05, 0) is 18.6 Å². The Morgan fingerprint density at radius 2 is 2.25 bits per heavy atom. The van der Waals surface area contributed by atoms with Gasteiger partial charge in [-0.1, -0.05) is 16.8 Å². The highest BCUT2D eigenvalue weighted by molar-refractivity contribution is 6.30. The quantitative estimate of drug-likeness (QED) is 0.827. The molecule has 0 unspecified atom stereocenters. The van der Waals surface area contributed by atoms with E-state index in [-0.39, 0.29) is 0 Å². The fourth-order valence-electron chi connectivity index (χ4n) is 1.32. The van der Waals surface area contributed by atoms with Gasteiger partial charge in [0.25, 0.3) is 0 Å². The fraction of sp³-hybridized carbons (Fsp3) is 0.300. The van der Waals surface area contributed by atoms with Gasteiger partial charge in [-0.3, -0.25) is 4.68 Å². The van der Waals surface area contributed by atoms with Crippen LogP contribution < -0.4 is 5.32 Å². The molecule has 2 aromatic heterocycles. The van der Waals surface area contributed by atoms with Crippen LogP contribution in [0, 0.1) is 6.92 Å². The predicted molar refractivity (Wildman–Crippen MR) is 62.3 cm³/mol. The highest BCUT2D eigenvalue weighted by Gasteiger charge is 2.01. The van der Waals surface area contributed by atoms with Gasteiger partial charge in [0.2, 0.25) is 0 Å². The molecule has 0 saturated carbocycles. The number of rotatable bonds is 3. The van der Waals surface area contributed by atoms with Crippen molar-refractivity contribution in [3.05, 3.63) is 34.9 Å². The molecule has 1 N–H and O–H groups in total. The summed E-state index contributed by atoms with van der Waals surface area (Å²) >= 11 is 5.84. The predicted octanol–water partition coefficient (Wildman–Crippen LogP) is 1.78. The zero-order valence-electron chi connectivity index (χ0n) is 9.11. The Morgan fingerprint density at radius 1 is 1.44 bits per heavy atom. The summed E-state index contributed by atoms with van der Waals surface area (Å²) in [5.41, 5.74) is 2.89. The van der Waals surface area contributed by atoms with Crippen LogP contribution in [-0.4, -0.2) is 20.0 Å². The third-order valence-corrected chi connectivity index (χ3v) is 2.69. The lowest BCUT2D eigenvalue weighted by atomic mass is 10.3. The molecule has 5 nitrogen and oxygen atoms in total. The van der Waals surface area contributed by atoms with E-state index in [1.54, 1.807) is 17.1 Å². The molecular weight excluding hydrogens is 226 g/mol. The molecule has 2 aromatic rings. The van der Waals surface area contributed by atoms with Gasteiger partial charge in [0.15, 0.2) is 0 Å². The number of hydrogen-bond donors (Lipinski definition) is 1. The Kier molecular flexibility index (Phi) is 3.05. The summed E-state index contributed by atoms with van der Waals surface area (Å²) in [5.74, 6) is 0. The summed E-state index contributed by atoms with van der Waals surface area (Å²) in [5, 5.41) is 11.4. The van der Waals surface area contributed by atoms with Crippen LogP contribution in [0.15, 0.2) is 18.5 Å². The lowest BCUT2D eigenvalue weighted by Gasteiger charge is -2.06. The SMILES string of the molecule is Cc1cc(NCc2cnnn2C)cnc1Cl. The van der Waals surface area contributed by atoms with Gasteiger partial charge < -0.3 is 5.32 Å². The van der Waals surface area contributed by atoms with E-state index >= 15 is 0 Å². The molecule has 0 aromatic carbocycles. The average Bonchev–Trinajstić information content (AvgIpc) is 2.66. The van der Waals surface area contributed by atoms with Crippen LogP contribution in [0.25, 0.3) is 0 Å². The van der Waals surface area contributed by atoms with Crippen LogP contribution in [0.2, 0.25) is 5.15 Å². The van der Waals surface area contributed by atoms with Gasteiger partial charge in [0, 0.05) is 7.05 Å². The highest BCUT2D eigenvalue weighted by atomic mass is 35.5. The minimum absolute atomic E-state index is 0.535. The lowest BCUT2D eigenvalue weighted by Crippen LogP contribution is -2.05. The van der Waals surface area contributed by atoms with E-state index in [2.05, 4.69) is 20.6 Å². The van der Waals surface area contributed by atoms with Crippen molar-refractivity contribution in [2.45, 2.75) is 13.5 Å². The summed E-state index contributed by atoms with van der Waals surface area (Å²) in [6.45, 7) is 2.58. The van der Waals surface area contributed by atoms with E-state index in [0.717, 1.165) is 16.9 Å².